The van der Waals surface area contributed by atoms with Crippen LogP contribution in [0.2, 0.25) is 0 Å². The molecule has 24 heavy (non-hydrogen) atoms. The van der Waals surface area contributed by atoms with Crippen LogP contribution < -0.4 is 14.8 Å². The van der Waals surface area contributed by atoms with Gasteiger partial charge >= 0.3 is 0 Å². The Labute approximate surface area is 146 Å². The predicted molar refractivity (Wildman–Crippen MR) is 99.7 cm³/mol. The molecular weight excluding hydrogens is 298 g/mol. The van der Waals surface area contributed by atoms with Crippen molar-refractivity contribution in [1.82, 2.24) is 5.32 Å². The molecule has 0 aromatic heterocycles. The number of aryl methyl sites for hydroxylation is 1. The number of hydrogen-bond donors (Lipinski definition) is 1. The highest BCUT2D eigenvalue weighted by atomic mass is 16.5. The van der Waals surface area contributed by atoms with E-state index in [1.807, 2.05) is 24.3 Å². The quantitative estimate of drug-likeness (QED) is 0.751. The van der Waals surface area contributed by atoms with Gasteiger partial charge in [0, 0.05) is 17.6 Å². The standard InChI is InChI=1S/C21H29NO2/c1-6-21(3,4)22-14-17-12-9-13-19(23-5)20(17)24-15-18-11-8-7-10-16(18)2/h7-13,22H,6,14-15H2,1-5H3. The molecule has 2 aromatic rings. The molecule has 0 saturated heterocycles. The van der Waals surface area contributed by atoms with E-state index in [1.165, 1.54) is 11.1 Å². The minimum absolute atomic E-state index is 0.0936. The van der Waals surface area contributed by atoms with Crippen molar-refractivity contribution in [2.45, 2.75) is 52.8 Å². The molecule has 0 saturated carbocycles. The third kappa shape index (κ3) is 4.75. The van der Waals surface area contributed by atoms with Crippen LogP contribution in [0.15, 0.2) is 42.5 Å². The molecule has 0 unspecified atom stereocenters. The predicted octanol–water partition coefficient (Wildman–Crippen LogP) is 4.86. The second kappa shape index (κ2) is 8.20. The van der Waals surface area contributed by atoms with Crippen molar-refractivity contribution in [1.29, 1.82) is 0 Å². The van der Waals surface area contributed by atoms with E-state index in [1.54, 1.807) is 7.11 Å². The lowest BCUT2D eigenvalue weighted by atomic mass is 10.0. The average molecular weight is 327 g/mol. The Balaban J connectivity index is 2.19. The summed E-state index contributed by atoms with van der Waals surface area (Å²) in [5.74, 6) is 1.60. The first-order chi connectivity index (χ1) is 11.5. The number of methoxy groups -OCH3 is 1. The molecule has 2 rings (SSSR count). The normalized spacial score (nSPS) is 11.4. The first-order valence-electron chi connectivity index (χ1n) is 8.55. The third-order valence-electron chi connectivity index (χ3n) is 4.55. The van der Waals surface area contributed by atoms with Crippen LogP contribution in [0.1, 0.15) is 43.9 Å². The molecule has 1 N–H and O–H groups in total. The van der Waals surface area contributed by atoms with E-state index in [9.17, 15) is 0 Å². The highest BCUT2D eigenvalue weighted by Crippen LogP contribution is 2.32. The summed E-state index contributed by atoms with van der Waals surface area (Å²) in [5, 5.41) is 3.59. The van der Waals surface area contributed by atoms with E-state index in [0.717, 1.165) is 30.0 Å². The summed E-state index contributed by atoms with van der Waals surface area (Å²) in [4.78, 5) is 0. The van der Waals surface area contributed by atoms with Crippen LogP contribution in [-0.4, -0.2) is 12.6 Å². The molecule has 0 heterocycles. The van der Waals surface area contributed by atoms with Gasteiger partial charge in [0.25, 0.3) is 0 Å². The number of para-hydroxylation sites is 1. The topological polar surface area (TPSA) is 30.5 Å². The summed E-state index contributed by atoms with van der Waals surface area (Å²) in [6.45, 7) is 10.0. The lowest BCUT2D eigenvalue weighted by Gasteiger charge is -2.25. The lowest BCUT2D eigenvalue weighted by Crippen LogP contribution is -2.37. The van der Waals surface area contributed by atoms with E-state index >= 15 is 0 Å². The van der Waals surface area contributed by atoms with Gasteiger partial charge in [-0.05, 0) is 44.4 Å². The average Bonchev–Trinajstić information content (AvgIpc) is 2.59. The minimum Gasteiger partial charge on any atom is -0.493 e. The molecule has 2 aromatic carbocycles. The molecule has 3 nitrogen and oxygen atoms in total. The van der Waals surface area contributed by atoms with Crippen LogP contribution in [0.25, 0.3) is 0 Å². The largest absolute Gasteiger partial charge is 0.493 e. The monoisotopic (exact) mass is 327 g/mol. The Hall–Kier alpha value is -2.00. The van der Waals surface area contributed by atoms with Gasteiger partial charge in [0.2, 0.25) is 0 Å². The van der Waals surface area contributed by atoms with Crippen LogP contribution in [0.5, 0.6) is 11.5 Å². The summed E-state index contributed by atoms with van der Waals surface area (Å²) in [7, 11) is 1.68. The van der Waals surface area contributed by atoms with E-state index in [4.69, 9.17) is 9.47 Å². The fourth-order valence-corrected chi connectivity index (χ4v) is 2.41. The number of benzene rings is 2. The zero-order valence-corrected chi connectivity index (χ0v) is 15.5. The van der Waals surface area contributed by atoms with Gasteiger partial charge in [-0.15, -0.1) is 0 Å². The van der Waals surface area contributed by atoms with Crippen molar-refractivity contribution in [3.8, 4) is 11.5 Å². The maximum Gasteiger partial charge on any atom is 0.166 e. The molecule has 0 aliphatic carbocycles. The fraction of sp³-hybridized carbons (Fsp3) is 0.429. The Bertz CT molecular complexity index is 665. The van der Waals surface area contributed by atoms with Gasteiger partial charge in [-0.2, -0.15) is 0 Å². The molecule has 3 heteroatoms. The summed E-state index contributed by atoms with van der Waals surface area (Å²) in [6.07, 6.45) is 1.07. The van der Waals surface area contributed by atoms with E-state index in [2.05, 4.69) is 51.2 Å². The molecule has 0 aliphatic heterocycles. The van der Waals surface area contributed by atoms with Crippen LogP contribution in [0.4, 0.5) is 0 Å². The zero-order valence-electron chi connectivity index (χ0n) is 15.5. The van der Waals surface area contributed by atoms with Gasteiger partial charge in [0.15, 0.2) is 11.5 Å². The van der Waals surface area contributed by atoms with Gasteiger partial charge in [0.05, 0.1) is 7.11 Å². The molecular formula is C21H29NO2. The number of rotatable bonds is 8. The van der Waals surface area contributed by atoms with Crippen molar-refractivity contribution in [3.05, 3.63) is 59.2 Å². The van der Waals surface area contributed by atoms with E-state index in [0.29, 0.717) is 6.61 Å². The highest BCUT2D eigenvalue weighted by molar-refractivity contribution is 5.47. The Kier molecular flexibility index (Phi) is 6.27. The Morgan fingerprint density at radius 1 is 1.00 bits per heavy atom. The molecule has 130 valence electrons. The molecule has 0 amide bonds. The maximum atomic E-state index is 6.16. The minimum atomic E-state index is 0.0936. The number of ether oxygens (including phenoxy) is 2. The van der Waals surface area contributed by atoms with Crippen LogP contribution in [0.3, 0.4) is 0 Å². The van der Waals surface area contributed by atoms with Gasteiger partial charge in [-0.25, -0.2) is 0 Å². The zero-order chi connectivity index (χ0) is 17.6. The highest BCUT2D eigenvalue weighted by Gasteiger charge is 2.17. The summed E-state index contributed by atoms with van der Waals surface area (Å²) < 4.78 is 11.7. The van der Waals surface area contributed by atoms with Crippen molar-refractivity contribution >= 4 is 0 Å². The van der Waals surface area contributed by atoms with Gasteiger partial charge in [0.1, 0.15) is 6.61 Å². The smallest absolute Gasteiger partial charge is 0.166 e. The lowest BCUT2D eigenvalue weighted by molar-refractivity contribution is 0.277. The molecule has 0 aliphatic rings. The molecule has 0 fully saturated rings. The fourth-order valence-electron chi connectivity index (χ4n) is 2.41. The van der Waals surface area contributed by atoms with Crippen LogP contribution in [0, 0.1) is 6.92 Å². The Morgan fingerprint density at radius 3 is 2.38 bits per heavy atom. The molecule has 0 radical (unpaired) electrons. The van der Waals surface area contributed by atoms with Crippen molar-refractivity contribution in [2.24, 2.45) is 0 Å². The third-order valence-corrected chi connectivity index (χ3v) is 4.55. The van der Waals surface area contributed by atoms with Crippen molar-refractivity contribution in [2.75, 3.05) is 7.11 Å². The molecule has 0 atom stereocenters. The van der Waals surface area contributed by atoms with Gasteiger partial charge < -0.3 is 14.8 Å². The maximum absolute atomic E-state index is 6.16. The van der Waals surface area contributed by atoms with E-state index < -0.39 is 0 Å². The number of hydrogen-bond acceptors (Lipinski definition) is 3. The second-order valence-electron chi connectivity index (χ2n) is 6.75. The second-order valence-corrected chi connectivity index (χ2v) is 6.75. The molecule has 0 spiro atoms. The van der Waals surface area contributed by atoms with E-state index in [-0.39, 0.29) is 5.54 Å². The Morgan fingerprint density at radius 2 is 1.71 bits per heavy atom. The van der Waals surface area contributed by atoms with Gasteiger partial charge in [-0.1, -0.05) is 43.3 Å². The summed E-state index contributed by atoms with van der Waals surface area (Å²) in [5.41, 5.74) is 3.64. The summed E-state index contributed by atoms with van der Waals surface area (Å²) in [6, 6.07) is 14.3. The van der Waals surface area contributed by atoms with Gasteiger partial charge in [-0.3, -0.25) is 0 Å². The van der Waals surface area contributed by atoms with Crippen LogP contribution in [-0.2, 0) is 13.2 Å². The summed E-state index contributed by atoms with van der Waals surface area (Å²) >= 11 is 0. The SMILES string of the molecule is CCC(C)(C)NCc1cccc(OC)c1OCc1ccccc1C. The van der Waals surface area contributed by atoms with Crippen LogP contribution >= 0.6 is 0 Å². The molecule has 0 bridgehead atoms. The van der Waals surface area contributed by atoms with Crippen molar-refractivity contribution in [3.63, 3.8) is 0 Å². The number of nitrogens with one attached hydrogen (secondary N) is 1. The van der Waals surface area contributed by atoms with Crippen molar-refractivity contribution < 1.29 is 9.47 Å². The first-order valence-corrected chi connectivity index (χ1v) is 8.55. The first kappa shape index (κ1) is 18.3.